The largest absolute Gasteiger partial charge is 0.493 e. The highest BCUT2D eigenvalue weighted by Gasteiger charge is 2.34. The molecule has 1 aliphatic rings. The average molecular weight is 259 g/mol. The molecule has 2 rings (SSSR count). The van der Waals surface area contributed by atoms with Gasteiger partial charge in [-0.2, -0.15) is 13.2 Å². The molecule has 2 atom stereocenters. The highest BCUT2D eigenvalue weighted by molar-refractivity contribution is 5.40. The number of benzene rings is 1. The third-order valence-electron chi connectivity index (χ3n) is 3.33. The molecule has 100 valence electrons. The van der Waals surface area contributed by atoms with Gasteiger partial charge in [0.2, 0.25) is 0 Å². The van der Waals surface area contributed by atoms with Gasteiger partial charge in [-0.1, -0.05) is 18.2 Å². The molecule has 0 saturated heterocycles. The predicted molar refractivity (Wildman–Crippen MR) is 62.8 cm³/mol. The minimum atomic E-state index is -4.10. The number of likely N-dealkylation sites (N-methyl/N-ethyl adjacent to an activating group) is 1. The van der Waals surface area contributed by atoms with E-state index in [2.05, 4.69) is 5.32 Å². The van der Waals surface area contributed by atoms with Crippen LogP contribution in [-0.4, -0.2) is 25.9 Å². The first kappa shape index (κ1) is 13.2. The summed E-state index contributed by atoms with van der Waals surface area (Å²) in [5, 5.41) is 2.98. The Labute approximate surface area is 104 Å². The van der Waals surface area contributed by atoms with E-state index in [1.807, 2.05) is 24.3 Å². The van der Waals surface area contributed by atoms with E-state index in [1.165, 1.54) is 0 Å². The van der Waals surface area contributed by atoms with Gasteiger partial charge in [-0.25, -0.2) is 0 Å². The minimum absolute atomic E-state index is 0.00597. The summed E-state index contributed by atoms with van der Waals surface area (Å²) in [5.41, 5.74) is 0.999. The van der Waals surface area contributed by atoms with Gasteiger partial charge >= 0.3 is 6.18 Å². The molecule has 1 aliphatic heterocycles. The standard InChI is InChI=1S/C13H16F3NO/c1-17-11(6-7-13(14,15)16)10-8-18-12-5-3-2-4-9(10)12/h2-5,10-11,17H,6-8H2,1H3. The fraction of sp³-hybridized carbons (Fsp3) is 0.538. The summed E-state index contributed by atoms with van der Waals surface area (Å²) < 4.78 is 42.3. The number of hydrogen-bond acceptors (Lipinski definition) is 2. The molecule has 5 heteroatoms. The maximum absolute atomic E-state index is 12.3. The first-order chi connectivity index (χ1) is 8.51. The third-order valence-corrected chi connectivity index (χ3v) is 3.33. The molecule has 0 bridgehead atoms. The van der Waals surface area contributed by atoms with Gasteiger partial charge in [-0.3, -0.25) is 0 Å². The van der Waals surface area contributed by atoms with E-state index in [1.54, 1.807) is 7.05 Å². The molecule has 2 nitrogen and oxygen atoms in total. The topological polar surface area (TPSA) is 21.3 Å². The zero-order chi connectivity index (χ0) is 13.2. The van der Waals surface area contributed by atoms with Crippen LogP contribution in [0.1, 0.15) is 24.3 Å². The Hall–Kier alpha value is -1.23. The van der Waals surface area contributed by atoms with Crippen molar-refractivity contribution in [3.05, 3.63) is 29.8 Å². The van der Waals surface area contributed by atoms with E-state index in [-0.39, 0.29) is 18.4 Å². The van der Waals surface area contributed by atoms with Crippen molar-refractivity contribution in [3.8, 4) is 5.75 Å². The fourth-order valence-electron chi connectivity index (χ4n) is 2.39. The minimum Gasteiger partial charge on any atom is -0.493 e. The van der Waals surface area contributed by atoms with Crippen LogP contribution in [0.4, 0.5) is 13.2 Å². The number of rotatable bonds is 4. The lowest BCUT2D eigenvalue weighted by Gasteiger charge is -2.22. The third kappa shape index (κ3) is 2.96. The molecular weight excluding hydrogens is 243 g/mol. The second-order valence-corrected chi connectivity index (χ2v) is 4.50. The van der Waals surface area contributed by atoms with Crippen molar-refractivity contribution in [1.29, 1.82) is 0 Å². The summed E-state index contributed by atoms with van der Waals surface area (Å²) in [7, 11) is 1.70. The van der Waals surface area contributed by atoms with Crippen molar-refractivity contribution in [2.24, 2.45) is 0 Å². The number of hydrogen-bond donors (Lipinski definition) is 1. The molecule has 0 spiro atoms. The fourth-order valence-corrected chi connectivity index (χ4v) is 2.39. The number of alkyl halides is 3. The Morgan fingerprint density at radius 1 is 1.39 bits per heavy atom. The van der Waals surface area contributed by atoms with E-state index < -0.39 is 12.6 Å². The molecule has 1 N–H and O–H groups in total. The SMILES string of the molecule is CNC(CCC(F)(F)F)C1COc2ccccc21. The monoisotopic (exact) mass is 259 g/mol. The second kappa shape index (κ2) is 5.18. The van der Waals surface area contributed by atoms with Crippen LogP contribution < -0.4 is 10.1 Å². The van der Waals surface area contributed by atoms with E-state index in [4.69, 9.17) is 4.74 Å². The van der Waals surface area contributed by atoms with E-state index in [9.17, 15) is 13.2 Å². The van der Waals surface area contributed by atoms with Crippen LogP contribution in [0.15, 0.2) is 24.3 Å². The number of para-hydroxylation sites is 1. The molecule has 1 heterocycles. The van der Waals surface area contributed by atoms with Crippen molar-refractivity contribution in [2.75, 3.05) is 13.7 Å². The second-order valence-electron chi connectivity index (χ2n) is 4.50. The van der Waals surface area contributed by atoms with Crippen molar-refractivity contribution >= 4 is 0 Å². The summed E-state index contributed by atoms with van der Waals surface area (Å²) in [6.45, 7) is 0.447. The summed E-state index contributed by atoms with van der Waals surface area (Å²) in [4.78, 5) is 0. The van der Waals surface area contributed by atoms with Gasteiger partial charge in [-0.05, 0) is 19.5 Å². The van der Waals surface area contributed by atoms with Crippen LogP contribution in [0.3, 0.4) is 0 Å². The summed E-state index contributed by atoms with van der Waals surface area (Å²) in [6.07, 6.45) is -4.80. The van der Waals surface area contributed by atoms with Crippen LogP contribution in [0, 0.1) is 0 Å². The first-order valence-corrected chi connectivity index (χ1v) is 5.97. The maximum Gasteiger partial charge on any atom is 0.389 e. The Morgan fingerprint density at radius 3 is 2.78 bits per heavy atom. The smallest absolute Gasteiger partial charge is 0.389 e. The normalized spacial score (nSPS) is 20.3. The molecule has 0 radical (unpaired) electrons. The maximum atomic E-state index is 12.3. The number of ether oxygens (including phenoxy) is 1. The van der Waals surface area contributed by atoms with Crippen molar-refractivity contribution in [3.63, 3.8) is 0 Å². The Kier molecular flexibility index (Phi) is 3.80. The van der Waals surface area contributed by atoms with Gasteiger partial charge < -0.3 is 10.1 Å². The number of nitrogens with one attached hydrogen (secondary N) is 1. The molecular formula is C13H16F3NO. The molecule has 1 aromatic carbocycles. The summed E-state index contributed by atoms with van der Waals surface area (Å²) >= 11 is 0. The van der Waals surface area contributed by atoms with Gasteiger partial charge in [0.1, 0.15) is 5.75 Å². The lowest BCUT2D eigenvalue weighted by atomic mass is 9.90. The Bertz CT molecular complexity index is 405. The summed E-state index contributed by atoms with van der Waals surface area (Å²) in [5.74, 6) is 0.781. The van der Waals surface area contributed by atoms with Gasteiger partial charge in [0.15, 0.2) is 0 Å². The molecule has 0 aliphatic carbocycles. The van der Waals surface area contributed by atoms with Crippen molar-refractivity contribution in [2.45, 2.75) is 31.0 Å². The zero-order valence-electron chi connectivity index (χ0n) is 10.1. The van der Waals surface area contributed by atoms with Gasteiger partial charge in [0.25, 0.3) is 0 Å². The number of halogens is 3. The van der Waals surface area contributed by atoms with Gasteiger partial charge in [-0.15, -0.1) is 0 Å². The molecule has 1 aromatic rings. The Morgan fingerprint density at radius 2 is 2.11 bits per heavy atom. The summed E-state index contributed by atoms with van der Waals surface area (Å²) in [6, 6.07) is 7.31. The van der Waals surface area contributed by atoms with Crippen molar-refractivity contribution in [1.82, 2.24) is 5.32 Å². The van der Waals surface area contributed by atoms with Gasteiger partial charge in [0.05, 0.1) is 6.61 Å². The highest BCUT2D eigenvalue weighted by atomic mass is 19.4. The van der Waals surface area contributed by atoms with Crippen LogP contribution >= 0.6 is 0 Å². The molecule has 0 amide bonds. The zero-order valence-corrected chi connectivity index (χ0v) is 10.1. The lowest BCUT2D eigenvalue weighted by molar-refractivity contribution is -0.136. The van der Waals surface area contributed by atoms with Crippen LogP contribution in [0.25, 0.3) is 0 Å². The molecule has 0 fully saturated rings. The highest BCUT2D eigenvalue weighted by Crippen LogP contribution is 2.37. The first-order valence-electron chi connectivity index (χ1n) is 5.97. The van der Waals surface area contributed by atoms with E-state index in [0.717, 1.165) is 11.3 Å². The van der Waals surface area contributed by atoms with Gasteiger partial charge in [0, 0.05) is 23.9 Å². The van der Waals surface area contributed by atoms with Crippen LogP contribution in [-0.2, 0) is 0 Å². The molecule has 2 unspecified atom stereocenters. The van der Waals surface area contributed by atoms with Crippen molar-refractivity contribution < 1.29 is 17.9 Å². The number of fused-ring (bicyclic) bond motifs is 1. The van der Waals surface area contributed by atoms with Crippen LogP contribution in [0.5, 0.6) is 5.75 Å². The predicted octanol–water partition coefficient (Wildman–Crippen LogP) is 3.09. The molecule has 0 saturated carbocycles. The van der Waals surface area contributed by atoms with Crippen LogP contribution in [0.2, 0.25) is 0 Å². The quantitative estimate of drug-likeness (QED) is 0.897. The molecule has 18 heavy (non-hydrogen) atoms. The Balaban J connectivity index is 2.06. The molecule has 0 aromatic heterocycles. The van der Waals surface area contributed by atoms with E-state index in [0.29, 0.717) is 6.61 Å². The van der Waals surface area contributed by atoms with E-state index >= 15 is 0 Å². The lowest BCUT2D eigenvalue weighted by Crippen LogP contribution is -2.34. The average Bonchev–Trinajstić information content (AvgIpc) is 2.73.